The van der Waals surface area contributed by atoms with Crippen molar-refractivity contribution in [1.82, 2.24) is 0 Å². The Kier molecular flexibility index (Phi) is 7.37. The van der Waals surface area contributed by atoms with Crippen molar-refractivity contribution in [2.24, 2.45) is 11.8 Å². The average molecular weight is 371 g/mol. The van der Waals surface area contributed by atoms with Crippen LogP contribution in [0.15, 0.2) is 36.9 Å². The van der Waals surface area contributed by atoms with Gasteiger partial charge in [0.05, 0.1) is 13.0 Å². The predicted octanol–water partition coefficient (Wildman–Crippen LogP) is 6.04. The van der Waals surface area contributed by atoms with E-state index in [1.807, 2.05) is 6.92 Å². The number of hydrogen-bond donors (Lipinski definition) is 0. The Labute approximate surface area is 164 Å². The molecule has 0 atom stereocenters. The first-order chi connectivity index (χ1) is 13.2. The lowest BCUT2D eigenvalue weighted by Crippen LogP contribution is -2.29. The van der Waals surface area contributed by atoms with Gasteiger partial charge >= 0.3 is 5.97 Å². The molecule has 2 aliphatic carbocycles. The first-order valence-electron chi connectivity index (χ1n) is 10.7. The molecule has 0 saturated heterocycles. The molecule has 0 aliphatic heterocycles. The summed E-state index contributed by atoms with van der Waals surface area (Å²) in [6, 6.07) is 8.72. The Morgan fingerprint density at radius 3 is 2.15 bits per heavy atom. The average Bonchev–Trinajstić information content (AvgIpc) is 2.70. The van der Waals surface area contributed by atoms with Crippen LogP contribution >= 0.6 is 0 Å². The number of carbonyl (C=O) groups excluding carboxylic acids is 1. The van der Waals surface area contributed by atoms with Crippen LogP contribution in [0.4, 0.5) is 0 Å². The summed E-state index contributed by atoms with van der Waals surface area (Å²) >= 11 is 0. The van der Waals surface area contributed by atoms with E-state index in [0.717, 1.165) is 37.0 Å². The van der Waals surface area contributed by atoms with Crippen molar-refractivity contribution in [3.05, 3.63) is 42.5 Å². The molecular formula is C24H34O3. The maximum atomic E-state index is 11.6. The predicted molar refractivity (Wildman–Crippen MR) is 109 cm³/mol. The van der Waals surface area contributed by atoms with Crippen LogP contribution in [-0.2, 0) is 9.53 Å². The number of esters is 1. The summed E-state index contributed by atoms with van der Waals surface area (Å²) in [5.41, 5.74) is 1.47. The van der Waals surface area contributed by atoms with Crippen LogP contribution in [0.5, 0.6) is 5.75 Å². The first-order valence-corrected chi connectivity index (χ1v) is 10.7. The zero-order valence-electron chi connectivity index (χ0n) is 16.7. The minimum absolute atomic E-state index is 0.121. The summed E-state index contributed by atoms with van der Waals surface area (Å²) in [6.07, 6.45) is 11.8. The molecule has 0 bridgehead atoms. The molecule has 3 heteroatoms. The van der Waals surface area contributed by atoms with Gasteiger partial charge in [-0.15, -0.1) is 6.58 Å². The molecule has 3 rings (SSSR count). The number of hydrogen-bond acceptors (Lipinski definition) is 3. The second-order valence-electron chi connectivity index (χ2n) is 8.13. The van der Waals surface area contributed by atoms with Crippen molar-refractivity contribution in [2.75, 3.05) is 6.61 Å². The maximum Gasteiger partial charge on any atom is 0.309 e. The fraction of sp³-hybridized carbons (Fsp3) is 0.625. The van der Waals surface area contributed by atoms with Gasteiger partial charge in [0.15, 0.2) is 0 Å². The van der Waals surface area contributed by atoms with E-state index < -0.39 is 0 Å². The van der Waals surface area contributed by atoms with Crippen molar-refractivity contribution < 1.29 is 14.3 Å². The highest BCUT2D eigenvalue weighted by Crippen LogP contribution is 2.43. The quantitative estimate of drug-likeness (QED) is 0.434. The highest BCUT2D eigenvalue weighted by Gasteiger charge is 2.32. The van der Waals surface area contributed by atoms with E-state index in [9.17, 15) is 4.79 Å². The van der Waals surface area contributed by atoms with Crippen LogP contribution in [0.2, 0.25) is 0 Å². The Balaban J connectivity index is 1.42. The van der Waals surface area contributed by atoms with Crippen LogP contribution in [-0.4, -0.2) is 18.7 Å². The molecule has 1 aromatic rings. The standard InChI is InChI=1S/C24H34O3/c1-3-5-24(25)27-23-16-12-21(13-17-23)19-8-6-18(7-9-19)20-10-14-22(15-11-20)26-4-2/h3,10-11,14-15,18-19,21,23H,1,4-9,12-13,16-17H2,2H3/t18-,19-,21-,23-. The van der Waals surface area contributed by atoms with Crippen molar-refractivity contribution in [3.63, 3.8) is 0 Å². The van der Waals surface area contributed by atoms with E-state index in [-0.39, 0.29) is 12.1 Å². The number of ether oxygens (including phenoxy) is 2. The van der Waals surface area contributed by atoms with E-state index in [1.54, 1.807) is 6.08 Å². The third-order valence-electron chi connectivity index (χ3n) is 6.43. The monoisotopic (exact) mass is 370 g/mol. The summed E-state index contributed by atoms with van der Waals surface area (Å²) < 4.78 is 11.1. The molecule has 0 radical (unpaired) electrons. The fourth-order valence-electron chi connectivity index (χ4n) is 4.96. The number of rotatable bonds is 7. The minimum Gasteiger partial charge on any atom is -0.494 e. The van der Waals surface area contributed by atoms with Gasteiger partial charge in [0, 0.05) is 0 Å². The van der Waals surface area contributed by atoms with Gasteiger partial charge in [-0.2, -0.15) is 0 Å². The molecule has 3 nitrogen and oxygen atoms in total. The summed E-state index contributed by atoms with van der Waals surface area (Å²) in [5.74, 6) is 3.23. The molecule has 0 N–H and O–H groups in total. The van der Waals surface area contributed by atoms with E-state index in [1.165, 1.54) is 44.1 Å². The number of benzene rings is 1. The maximum absolute atomic E-state index is 11.6. The topological polar surface area (TPSA) is 35.5 Å². The van der Waals surface area contributed by atoms with Crippen molar-refractivity contribution in [1.29, 1.82) is 0 Å². The SMILES string of the molecule is C=CCC(=O)O[C@H]1CC[C@H]([C@H]2CC[C@H](c3ccc(OCC)cc3)CC2)CC1. The van der Waals surface area contributed by atoms with Gasteiger partial charge < -0.3 is 9.47 Å². The lowest BCUT2D eigenvalue weighted by atomic mass is 9.69. The van der Waals surface area contributed by atoms with E-state index >= 15 is 0 Å². The normalized spacial score (nSPS) is 28.3. The molecule has 0 amide bonds. The van der Waals surface area contributed by atoms with Crippen molar-refractivity contribution in [3.8, 4) is 5.75 Å². The highest BCUT2D eigenvalue weighted by atomic mass is 16.5. The van der Waals surface area contributed by atoms with Crippen LogP contribution in [0.3, 0.4) is 0 Å². The Hall–Kier alpha value is -1.77. The molecule has 0 aromatic heterocycles. The molecule has 2 aliphatic rings. The molecule has 1 aromatic carbocycles. The van der Waals surface area contributed by atoms with Gasteiger partial charge in [0.1, 0.15) is 11.9 Å². The fourth-order valence-corrected chi connectivity index (χ4v) is 4.96. The lowest BCUT2D eigenvalue weighted by Gasteiger charge is -2.37. The van der Waals surface area contributed by atoms with Gasteiger partial charge in [0.25, 0.3) is 0 Å². The molecule has 2 saturated carbocycles. The molecule has 148 valence electrons. The van der Waals surface area contributed by atoms with Gasteiger partial charge in [-0.3, -0.25) is 4.79 Å². The van der Waals surface area contributed by atoms with Gasteiger partial charge in [0.2, 0.25) is 0 Å². The van der Waals surface area contributed by atoms with Crippen molar-refractivity contribution in [2.45, 2.75) is 76.7 Å². The molecule has 27 heavy (non-hydrogen) atoms. The van der Waals surface area contributed by atoms with Gasteiger partial charge in [-0.25, -0.2) is 0 Å². The number of carbonyl (C=O) groups is 1. The third-order valence-corrected chi connectivity index (χ3v) is 6.43. The van der Waals surface area contributed by atoms with Gasteiger partial charge in [-0.05, 0) is 93.7 Å². The Morgan fingerprint density at radius 2 is 1.59 bits per heavy atom. The summed E-state index contributed by atoms with van der Waals surface area (Å²) in [6.45, 7) is 6.34. The highest BCUT2D eigenvalue weighted by molar-refractivity contribution is 5.71. The summed E-state index contributed by atoms with van der Waals surface area (Å²) in [5, 5.41) is 0. The summed E-state index contributed by atoms with van der Waals surface area (Å²) in [7, 11) is 0. The van der Waals surface area contributed by atoms with Crippen LogP contribution < -0.4 is 4.74 Å². The lowest BCUT2D eigenvalue weighted by molar-refractivity contribution is -0.150. The summed E-state index contributed by atoms with van der Waals surface area (Å²) in [4.78, 5) is 11.6. The molecule has 2 fully saturated rings. The van der Waals surface area contributed by atoms with Crippen LogP contribution in [0, 0.1) is 11.8 Å². The molecular weight excluding hydrogens is 336 g/mol. The smallest absolute Gasteiger partial charge is 0.309 e. The minimum atomic E-state index is -0.121. The second-order valence-corrected chi connectivity index (χ2v) is 8.13. The van der Waals surface area contributed by atoms with E-state index in [2.05, 4.69) is 30.8 Å². The zero-order valence-corrected chi connectivity index (χ0v) is 16.7. The van der Waals surface area contributed by atoms with E-state index in [0.29, 0.717) is 12.3 Å². The zero-order chi connectivity index (χ0) is 19.1. The molecule has 0 spiro atoms. The molecule has 0 unspecified atom stereocenters. The largest absolute Gasteiger partial charge is 0.494 e. The molecule has 0 heterocycles. The van der Waals surface area contributed by atoms with Gasteiger partial charge in [-0.1, -0.05) is 18.2 Å². The van der Waals surface area contributed by atoms with Crippen LogP contribution in [0.1, 0.15) is 76.2 Å². The van der Waals surface area contributed by atoms with Crippen LogP contribution in [0.25, 0.3) is 0 Å². The third kappa shape index (κ3) is 5.60. The Morgan fingerprint density at radius 1 is 1.00 bits per heavy atom. The van der Waals surface area contributed by atoms with Crippen molar-refractivity contribution >= 4 is 5.97 Å². The second kappa shape index (κ2) is 9.96. The van der Waals surface area contributed by atoms with E-state index in [4.69, 9.17) is 9.47 Å². The first kappa shape index (κ1) is 20.0. The Bertz CT molecular complexity index is 591.